The molecule has 0 saturated heterocycles. The number of aromatic amines is 2. The van der Waals surface area contributed by atoms with Gasteiger partial charge in [-0.1, -0.05) is 20.9 Å². The van der Waals surface area contributed by atoms with Crippen molar-refractivity contribution in [3.05, 3.63) is 35.4 Å². The molecule has 30 heavy (non-hydrogen) atoms. The quantitative estimate of drug-likeness (QED) is 0.213. The molecule has 4 rings (SSSR count). The number of nitrogens with one attached hydrogen (secondary N) is 2. The molecule has 154 valence electrons. The Morgan fingerprint density at radius 1 is 0.767 bits per heavy atom. The second kappa shape index (κ2) is 8.58. The van der Waals surface area contributed by atoms with Crippen LogP contribution in [0, 0.1) is 0 Å². The van der Waals surface area contributed by atoms with E-state index in [4.69, 9.17) is 9.47 Å². The second-order valence-corrected chi connectivity index (χ2v) is 5.62. The van der Waals surface area contributed by atoms with Crippen LogP contribution in [0.3, 0.4) is 0 Å². The summed E-state index contributed by atoms with van der Waals surface area (Å²) in [4.78, 5) is 23.5. The maximum atomic E-state index is 11.8. The third-order valence-electron chi connectivity index (χ3n) is 3.43. The van der Waals surface area contributed by atoms with Crippen molar-refractivity contribution in [2.75, 3.05) is 0 Å². The van der Waals surface area contributed by atoms with Gasteiger partial charge in [0.1, 0.15) is 37.7 Å². The number of H-pyrrole nitrogens is 2. The van der Waals surface area contributed by atoms with Crippen LogP contribution >= 0.6 is 0 Å². The lowest BCUT2D eigenvalue weighted by Crippen LogP contribution is -2.20. The van der Waals surface area contributed by atoms with Gasteiger partial charge in [0.2, 0.25) is 0 Å². The number of rotatable bonds is 8. The molecule has 18 heteroatoms. The minimum Gasteiger partial charge on any atom is -0.451 e. The molecular formula is C12H12N14O4. The van der Waals surface area contributed by atoms with Crippen molar-refractivity contribution in [1.82, 2.24) is 71.2 Å². The Morgan fingerprint density at radius 3 is 1.63 bits per heavy atom. The van der Waals surface area contributed by atoms with Gasteiger partial charge in [-0.15, -0.1) is 30.6 Å². The molecule has 18 nitrogen and oxygen atoms in total. The molecule has 0 fully saturated rings. The van der Waals surface area contributed by atoms with Crippen LogP contribution in [-0.4, -0.2) is 83.2 Å². The topological polar surface area (TPSA) is 223 Å². The Hall–Kier alpha value is -4.64. The zero-order valence-corrected chi connectivity index (χ0v) is 15.0. The Labute approximate surface area is 164 Å². The van der Waals surface area contributed by atoms with Crippen LogP contribution in [0.2, 0.25) is 0 Å². The molecule has 0 bridgehead atoms. The molecule has 4 heterocycles. The van der Waals surface area contributed by atoms with Crippen LogP contribution in [0.5, 0.6) is 0 Å². The predicted octanol–water partition coefficient (Wildman–Crippen LogP) is -3.22. The summed E-state index contributed by atoms with van der Waals surface area (Å²) < 4.78 is 12.6. The van der Waals surface area contributed by atoms with Crippen molar-refractivity contribution in [2.45, 2.75) is 26.3 Å². The summed E-state index contributed by atoms with van der Waals surface area (Å²) in [6.07, 6.45) is 3.02. The standard InChI is InChI=1S/C12H12N14O4/c27-11(29-5-7-1-25(23-13-7)3-9-15-19-20-16-9)12(28)30-6-8-2-26(24-14-8)4-10-17-21-22-18-10/h1-2H,3-6H2,(H,15,16,19,20)(H,17,18,21,22). The fourth-order valence-electron chi connectivity index (χ4n) is 2.15. The highest BCUT2D eigenvalue weighted by Gasteiger charge is 2.19. The number of tetrazole rings is 2. The highest BCUT2D eigenvalue weighted by molar-refractivity contribution is 6.29. The zero-order chi connectivity index (χ0) is 20.8. The molecule has 0 aromatic carbocycles. The van der Waals surface area contributed by atoms with E-state index in [1.807, 2.05) is 0 Å². The summed E-state index contributed by atoms with van der Waals surface area (Å²) in [5, 5.41) is 41.9. The molecular weight excluding hydrogens is 404 g/mol. The summed E-state index contributed by atoms with van der Waals surface area (Å²) in [6, 6.07) is 0. The van der Waals surface area contributed by atoms with Gasteiger partial charge in [-0.25, -0.2) is 19.0 Å². The predicted molar refractivity (Wildman–Crippen MR) is 86.2 cm³/mol. The molecule has 0 saturated carbocycles. The van der Waals surface area contributed by atoms with E-state index in [1.54, 1.807) is 0 Å². The Bertz CT molecular complexity index is 1010. The first kappa shape index (κ1) is 18.7. The van der Waals surface area contributed by atoms with Gasteiger partial charge in [0.15, 0.2) is 11.6 Å². The Kier molecular flexibility index (Phi) is 5.35. The first-order valence-corrected chi connectivity index (χ1v) is 8.22. The minimum absolute atomic E-state index is 0.229. The Balaban J connectivity index is 1.20. The van der Waals surface area contributed by atoms with Crippen LogP contribution < -0.4 is 0 Å². The normalized spacial score (nSPS) is 10.8. The molecule has 4 aromatic heterocycles. The maximum Gasteiger partial charge on any atom is 0.417 e. The van der Waals surface area contributed by atoms with Crippen molar-refractivity contribution in [1.29, 1.82) is 0 Å². The van der Waals surface area contributed by atoms with Gasteiger partial charge in [-0.05, 0) is 0 Å². The molecule has 0 unspecified atom stereocenters. The number of carbonyl (C=O) groups excluding carboxylic acids is 2. The molecule has 0 radical (unpaired) electrons. The number of aromatic nitrogens is 14. The van der Waals surface area contributed by atoms with Crippen molar-refractivity contribution in [3.8, 4) is 0 Å². The largest absolute Gasteiger partial charge is 0.451 e. The first-order chi connectivity index (χ1) is 14.7. The SMILES string of the molecule is O=C(OCc1cn(Cc2nn[nH]n2)nn1)C(=O)OCc1cn(Cc2nn[nH]n2)nn1. The number of carbonyl (C=O) groups is 2. The van der Waals surface area contributed by atoms with Gasteiger partial charge in [0, 0.05) is 0 Å². The molecule has 0 amide bonds. The lowest BCUT2D eigenvalue weighted by Gasteiger charge is -2.02. The summed E-state index contributed by atoms with van der Waals surface area (Å²) >= 11 is 0. The van der Waals surface area contributed by atoms with Gasteiger partial charge < -0.3 is 9.47 Å². The lowest BCUT2D eigenvalue weighted by molar-refractivity contribution is -0.169. The highest BCUT2D eigenvalue weighted by Crippen LogP contribution is 2.02. The molecule has 0 aliphatic rings. The van der Waals surface area contributed by atoms with Gasteiger partial charge in [-0.3, -0.25) is 0 Å². The Morgan fingerprint density at radius 2 is 1.23 bits per heavy atom. The smallest absolute Gasteiger partial charge is 0.417 e. The molecule has 0 aliphatic carbocycles. The number of esters is 2. The molecule has 0 aliphatic heterocycles. The first-order valence-electron chi connectivity index (χ1n) is 8.22. The monoisotopic (exact) mass is 416 g/mol. The van der Waals surface area contributed by atoms with Crippen molar-refractivity contribution < 1.29 is 19.1 Å². The van der Waals surface area contributed by atoms with E-state index in [-0.39, 0.29) is 26.3 Å². The number of nitrogens with zero attached hydrogens (tertiary/aromatic N) is 12. The van der Waals surface area contributed by atoms with Gasteiger partial charge in [-0.2, -0.15) is 10.4 Å². The average Bonchev–Trinajstić information content (AvgIpc) is 3.54. The third-order valence-corrected chi connectivity index (χ3v) is 3.43. The van der Waals surface area contributed by atoms with Crippen LogP contribution in [-0.2, 0) is 45.4 Å². The van der Waals surface area contributed by atoms with E-state index in [1.165, 1.54) is 21.8 Å². The van der Waals surface area contributed by atoms with Crippen LogP contribution in [0.15, 0.2) is 12.4 Å². The second-order valence-electron chi connectivity index (χ2n) is 5.62. The summed E-state index contributed by atoms with van der Waals surface area (Å²) in [6.45, 7) is -0.0676. The molecule has 2 N–H and O–H groups in total. The average molecular weight is 416 g/mol. The third kappa shape index (κ3) is 4.79. The fraction of sp³-hybridized carbons (Fsp3) is 0.333. The number of hydrogen-bond acceptors (Lipinski definition) is 14. The number of hydrogen-bond donors (Lipinski definition) is 2. The van der Waals surface area contributed by atoms with Gasteiger partial charge >= 0.3 is 11.9 Å². The molecule has 0 atom stereocenters. The summed E-state index contributed by atoms with van der Waals surface area (Å²) in [5.41, 5.74) is 0.646. The molecule has 4 aromatic rings. The molecule has 0 spiro atoms. The van der Waals surface area contributed by atoms with E-state index in [0.29, 0.717) is 23.0 Å². The number of ether oxygens (including phenoxy) is 2. The van der Waals surface area contributed by atoms with Crippen molar-refractivity contribution in [3.63, 3.8) is 0 Å². The van der Waals surface area contributed by atoms with Crippen molar-refractivity contribution >= 4 is 11.9 Å². The van der Waals surface area contributed by atoms with E-state index < -0.39 is 11.9 Å². The van der Waals surface area contributed by atoms with Crippen LogP contribution in [0.4, 0.5) is 0 Å². The van der Waals surface area contributed by atoms with E-state index in [0.717, 1.165) is 0 Å². The van der Waals surface area contributed by atoms with Gasteiger partial charge in [0.25, 0.3) is 0 Å². The van der Waals surface area contributed by atoms with E-state index >= 15 is 0 Å². The zero-order valence-electron chi connectivity index (χ0n) is 15.0. The lowest BCUT2D eigenvalue weighted by atomic mass is 10.5. The maximum absolute atomic E-state index is 11.8. The summed E-state index contributed by atoms with van der Waals surface area (Å²) in [5.74, 6) is -1.55. The van der Waals surface area contributed by atoms with Gasteiger partial charge in [0.05, 0.1) is 12.4 Å². The van der Waals surface area contributed by atoms with Crippen LogP contribution in [0.25, 0.3) is 0 Å². The van der Waals surface area contributed by atoms with Crippen molar-refractivity contribution in [2.24, 2.45) is 0 Å². The summed E-state index contributed by atoms with van der Waals surface area (Å²) in [7, 11) is 0. The van der Waals surface area contributed by atoms with E-state index in [2.05, 4.69) is 61.9 Å². The van der Waals surface area contributed by atoms with Crippen LogP contribution in [0.1, 0.15) is 23.0 Å². The minimum atomic E-state index is -1.18. The van der Waals surface area contributed by atoms with E-state index in [9.17, 15) is 9.59 Å². The highest BCUT2D eigenvalue weighted by atomic mass is 16.6. The fourth-order valence-corrected chi connectivity index (χ4v) is 2.15.